The van der Waals surface area contributed by atoms with Crippen molar-refractivity contribution in [2.45, 2.75) is 39.7 Å². The van der Waals surface area contributed by atoms with Gasteiger partial charge in [-0.25, -0.2) is 0 Å². The van der Waals surface area contributed by atoms with E-state index in [1.807, 2.05) is 25.1 Å². The lowest BCUT2D eigenvalue weighted by molar-refractivity contribution is 0.599. The van der Waals surface area contributed by atoms with Gasteiger partial charge >= 0.3 is 0 Å². The summed E-state index contributed by atoms with van der Waals surface area (Å²) in [5.74, 6) is 0. The van der Waals surface area contributed by atoms with Crippen LogP contribution in [-0.4, -0.2) is 11.2 Å². The molecule has 1 atom stereocenters. The molecule has 0 radical (unpaired) electrons. The van der Waals surface area contributed by atoms with Gasteiger partial charge in [0.2, 0.25) is 0 Å². The minimum atomic E-state index is 0.388. The maximum absolute atomic E-state index is 6.05. The van der Waals surface area contributed by atoms with Crippen molar-refractivity contribution >= 4 is 34.6 Å². The minimum absolute atomic E-state index is 0.388. The molecule has 0 saturated heterocycles. The van der Waals surface area contributed by atoms with E-state index in [0.29, 0.717) is 11.2 Å². The largest absolute Gasteiger partial charge is 0.360 e. The zero-order valence-electron chi connectivity index (χ0n) is 10.5. The van der Waals surface area contributed by atoms with Crippen molar-refractivity contribution in [3.05, 3.63) is 28.8 Å². The van der Waals surface area contributed by atoms with Crippen LogP contribution in [0.5, 0.6) is 0 Å². The highest BCUT2D eigenvalue weighted by Gasteiger charge is 2.06. The maximum atomic E-state index is 6.05. The van der Waals surface area contributed by atoms with Gasteiger partial charge in [-0.3, -0.25) is 0 Å². The Kier molecular flexibility index (Phi) is 5.72. The molecule has 0 aliphatic carbocycles. The molecular weight excluding hydrogens is 252 g/mol. The summed E-state index contributed by atoms with van der Waals surface area (Å²) in [4.78, 5) is 0. The third-order valence-corrected chi connectivity index (χ3v) is 3.24. The summed E-state index contributed by atoms with van der Waals surface area (Å²) in [5.41, 5.74) is 1.97. The highest BCUT2D eigenvalue weighted by atomic mass is 35.5. The Bertz CT molecular complexity index is 393. The zero-order chi connectivity index (χ0) is 12.8. The van der Waals surface area contributed by atoms with Crippen molar-refractivity contribution in [1.82, 2.24) is 5.32 Å². The van der Waals surface area contributed by atoms with Crippen LogP contribution in [0.4, 0.5) is 5.69 Å². The Balaban J connectivity index is 2.59. The molecule has 0 aromatic heterocycles. The molecule has 0 saturated carbocycles. The van der Waals surface area contributed by atoms with Crippen LogP contribution in [0.15, 0.2) is 18.2 Å². The molecule has 1 aromatic carbocycles. The number of hydrogen-bond donors (Lipinski definition) is 2. The normalized spacial score (nSPS) is 12.0. The number of nitrogens with one attached hydrogen (secondary N) is 2. The van der Waals surface area contributed by atoms with Crippen LogP contribution in [0, 0.1) is 6.92 Å². The highest BCUT2D eigenvalue weighted by Crippen LogP contribution is 2.22. The summed E-state index contributed by atoms with van der Waals surface area (Å²) < 4.78 is 0. The molecule has 4 heteroatoms. The number of thiocarbonyl (C=S) groups is 1. The van der Waals surface area contributed by atoms with E-state index in [1.165, 1.54) is 0 Å². The molecule has 0 aliphatic rings. The van der Waals surface area contributed by atoms with Gasteiger partial charge in [0.1, 0.15) is 0 Å². The number of benzene rings is 1. The first kappa shape index (κ1) is 14.3. The van der Waals surface area contributed by atoms with Gasteiger partial charge in [0.25, 0.3) is 0 Å². The number of halogens is 1. The summed E-state index contributed by atoms with van der Waals surface area (Å²) in [6, 6.07) is 6.15. The van der Waals surface area contributed by atoms with Gasteiger partial charge in [0, 0.05) is 16.8 Å². The molecule has 94 valence electrons. The zero-order valence-corrected chi connectivity index (χ0v) is 12.1. The van der Waals surface area contributed by atoms with Gasteiger partial charge < -0.3 is 10.6 Å². The van der Waals surface area contributed by atoms with Crippen molar-refractivity contribution < 1.29 is 0 Å². The Hall–Kier alpha value is -0.800. The first-order chi connectivity index (χ1) is 8.04. The molecule has 0 unspecified atom stereocenters. The van der Waals surface area contributed by atoms with Crippen molar-refractivity contribution in [2.75, 3.05) is 5.32 Å². The first-order valence-corrected chi connectivity index (χ1v) is 6.65. The monoisotopic (exact) mass is 270 g/mol. The molecule has 0 spiro atoms. The van der Waals surface area contributed by atoms with Crippen LogP contribution in [-0.2, 0) is 0 Å². The van der Waals surface area contributed by atoms with E-state index >= 15 is 0 Å². The molecule has 1 rings (SSSR count). The molecular formula is C13H19ClN2S. The molecule has 0 aliphatic heterocycles. The second kappa shape index (κ2) is 6.82. The quantitative estimate of drug-likeness (QED) is 0.805. The summed E-state index contributed by atoms with van der Waals surface area (Å²) in [6.07, 6.45) is 2.25. The molecule has 0 fully saturated rings. The van der Waals surface area contributed by atoms with Crippen LogP contribution in [0.3, 0.4) is 0 Å². The van der Waals surface area contributed by atoms with E-state index in [-0.39, 0.29) is 0 Å². The lowest BCUT2D eigenvalue weighted by atomic mass is 10.2. The molecule has 0 heterocycles. The fourth-order valence-electron chi connectivity index (χ4n) is 1.63. The van der Waals surface area contributed by atoms with Gasteiger partial charge in [0.05, 0.1) is 0 Å². The Morgan fingerprint density at radius 2 is 2.18 bits per heavy atom. The van der Waals surface area contributed by atoms with Crippen LogP contribution in [0.1, 0.15) is 32.3 Å². The summed E-state index contributed by atoms with van der Waals surface area (Å²) in [7, 11) is 0. The highest BCUT2D eigenvalue weighted by molar-refractivity contribution is 7.80. The lowest BCUT2D eigenvalue weighted by Gasteiger charge is -2.17. The summed E-state index contributed by atoms with van der Waals surface area (Å²) in [6.45, 7) is 6.26. The van der Waals surface area contributed by atoms with E-state index in [0.717, 1.165) is 29.1 Å². The average Bonchev–Trinajstić information content (AvgIpc) is 2.25. The summed E-state index contributed by atoms with van der Waals surface area (Å²) in [5, 5.41) is 7.83. The second-order valence-corrected chi connectivity index (χ2v) is 5.02. The summed E-state index contributed by atoms with van der Waals surface area (Å²) >= 11 is 11.3. The van der Waals surface area contributed by atoms with E-state index in [1.54, 1.807) is 0 Å². The smallest absolute Gasteiger partial charge is 0.170 e. The van der Waals surface area contributed by atoms with E-state index in [4.69, 9.17) is 23.8 Å². The third-order valence-electron chi connectivity index (χ3n) is 2.62. The number of rotatable bonds is 4. The van der Waals surface area contributed by atoms with Crippen LogP contribution >= 0.6 is 23.8 Å². The molecule has 0 bridgehead atoms. The first-order valence-electron chi connectivity index (χ1n) is 5.87. The Labute approximate surface area is 114 Å². The molecule has 0 amide bonds. The Morgan fingerprint density at radius 1 is 1.47 bits per heavy atom. The van der Waals surface area contributed by atoms with Crippen molar-refractivity contribution in [3.63, 3.8) is 0 Å². The fourth-order valence-corrected chi connectivity index (χ4v) is 2.12. The molecule has 2 nitrogen and oxygen atoms in total. The van der Waals surface area contributed by atoms with Crippen molar-refractivity contribution in [2.24, 2.45) is 0 Å². The van der Waals surface area contributed by atoms with E-state index in [9.17, 15) is 0 Å². The lowest BCUT2D eigenvalue weighted by Crippen LogP contribution is -2.35. The van der Waals surface area contributed by atoms with Gasteiger partial charge in [-0.15, -0.1) is 0 Å². The number of hydrogen-bond acceptors (Lipinski definition) is 1. The van der Waals surface area contributed by atoms with Gasteiger partial charge in [-0.1, -0.05) is 31.0 Å². The molecule has 1 aromatic rings. The van der Waals surface area contributed by atoms with Gasteiger partial charge in [0.15, 0.2) is 5.11 Å². The van der Waals surface area contributed by atoms with Crippen LogP contribution < -0.4 is 10.6 Å². The van der Waals surface area contributed by atoms with Gasteiger partial charge in [-0.2, -0.15) is 0 Å². The standard InChI is InChI=1S/C13H19ClN2S/c1-4-6-9(2)15-13(17)16-12-8-5-7-11(14)10(12)3/h5,7-9H,4,6H2,1-3H3,(H2,15,16,17)/t9-/m1/s1. The fraction of sp³-hybridized carbons (Fsp3) is 0.462. The van der Waals surface area contributed by atoms with Crippen LogP contribution in [0.2, 0.25) is 5.02 Å². The van der Waals surface area contributed by atoms with Crippen molar-refractivity contribution in [1.29, 1.82) is 0 Å². The molecule has 2 N–H and O–H groups in total. The van der Waals surface area contributed by atoms with Crippen molar-refractivity contribution in [3.8, 4) is 0 Å². The van der Waals surface area contributed by atoms with E-state index < -0.39 is 0 Å². The van der Waals surface area contributed by atoms with Crippen LogP contribution in [0.25, 0.3) is 0 Å². The average molecular weight is 271 g/mol. The topological polar surface area (TPSA) is 24.1 Å². The predicted octanol–water partition coefficient (Wildman–Crippen LogP) is 4.12. The van der Waals surface area contributed by atoms with Gasteiger partial charge in [-0.05, 0) is 50.2 Å². The SMILES string of the molecule is CCC[C@@H](C)NC(=S)Nc1cccc(Cl)c1C. The predicted molar refractivity (Wildman–Crippen MR) is 79.9 cm³/mol. The molecule has 17 heavy (non-hydrogen) atoms. The third kappa shape index (κ3) is 4.52. The second-order valence-electron chi connectivity index (χ2n) is 4.20. The number of anilines is 1. The maximum Gasteiger partial charge on any atom is 0.170 e. The Morgan fingerprint density at radius 3 is 2.82 bits per heavy atom. The van der Waals surface area contributed by atoms with E-state index in [2.05, 4.69) is 24.5 Å². The minimum Gasteiger partial charge on any atom is -0.360 e.